The van der Waals surface area contributed by atoms with Crippen LogP contribution >= 0.6 is 11.6 Å². The Bertz CT molecular complexity index is 1180. The lowest BCUT2D eigenvalue weighted by molar-refractivity contribution is -0.118. The maximum absolute atomic E-state index is 11.7. The Morgan fingerprint density at radius 1 is 1.30 bits per heavy atom. The van der Waals surface area contributed by atoms with E-state index in [-0.39, 0.29) is 5.91 Å². The highest BCUT2D eigenvalue weighted by Gasteiger charge is 2.22. The number of rotatable bonds is 6. The van der Waals surface area contributed by atoms with Gasteiger partial charge in [-0.2, -0.15) is 9.61 Å². The van der Waals surface area contributed by atoms with E-state index in [4.69, 9.17) is 16.6 Å². The first-order chi connectivity index (χ1) is 14.5. The molecule has 1 aliphatic carbocycles. The lowest BCUT2D eigenvalue weighted by atomic mass is 10.1. The predicted molar refractivity (Wildman–Crippen MR) is 119 cm³/mol. The molecule has 2 fully saturated rings. The fourth-order valence-electron chi connectivity index (χ4n) is 3.42. The number of anilines is 3. The summed E-state index contributed by atoms with van der Waals surface area (Å²) in [6, 6.07) is 9.43. The van der Waals surface area contributed by atoms with Crippen LogP contribution in [-0.2, 0) is 4.79 Å². The smallest absolute Gasteiger partial charge is 0.228 e. The first-order valence-electron chi connectivity index (χ1n) is 9.90. The average molecular weight is 421 g/mol. The molecule has 0 atom stereocenters. The summed E-state index contributed by atoms with van der Waals surface area (Å²) in [6.07, 6.45) is 6.52. The van der Waals surface area contributed by atoms with E-state index in [9.17, 15) is 4.79 Å². The Labute approximate surface area is 178 Å². The maximum atomic E-state index is 11.7. The third kappa shape index (κ3) is 3.89. The molecule has 0 unspecified atom stereocenters. The molecule has 3 heterocycles. The van der Waals surface area contributed by atoms with Gasteiger partial charge in [0.15, 0.2) is 5.65 Å². The van der Waals surface area contributed by atoms with E-state index in [0.29, 0.717) is 28.6 Å². The number of hydrogen-bond donors (Lipinski definition) is 3. The first-order valence-corrected chi connectivity index (χ1v) is 10.3. The summed E-state index contributed by atoms with van der Waals surface area (Å²) in [4.78, 5) is 16.4. The minimum Gasteiger partial charge on any atom is -0.370 e. The Morgan fingerprint density at radius 2 is 2.10 bits per heavy atom. The second kappa shape index (κ2) is 7.50. The van der Waals surface area contributed by atoms with Gasteiger partial charge in [0.25, 0.3) is 0 Å². The molecular formula is C22H21ClN6O. The zero-order valence-electron chi connectivity index (χ0n) is 16.3. The van der Waals surface area contributed by atoms with Crippen LogP contribution in [0.15, 0.2) is 54.4 Å². The molecule has 0 bridgehead atoms. The molecular weight excluding hydrogens is 400 g/mol. The van der Waals surface area contributed by atoms with Crippen molar-refractivity contribution >= 4 is 46.6 Å². The maximum Gasteiger partial charge on any atom is 0.228 e. The van der Waals surface area contributed by atoms with Crippen molar-refractivity contribution in [2.24, 2.45) is 5.92 Å². The van der Waals surface area contributed by atoms with Gasteiger partial charge in [-0.25, -0.2) is 4.98 Å². The van der Waals surface area contributed by atoms with Crippen molar-refractivity contribution in [2.75, 3.05) is 17.2 Å². The number of allylic oxidation sites excluding steroid dienone is 1. The Hall–Kier alpha value is -3.32. The SMILES string of the molecule is C=C1NC(=O)C/C1=C\c1cnn2c(NCC3CC3)cc(Nc3ccc(Cl)cc3)nc12. The number of carbonyl (C=O) groups excluding carboxylic acids is 1. The summed E-state index contributed by atoms with van der Waals surface area (Å²) < 4.78 is 1.80. The summed E-state index contributed by atoms with van der Waals surface area (Å²) in [7, 11) is 0. The van der Waals surface area contributed by atoms with Gasteiger partial charge in [-0.15, -0.1) is 0 Å². The van der Waals surface area contributed by atoms with Gasteiger partial charge in [0.05, 0.1) is 12.6 Å². The van der Waals surface area contributed by atoms with Crippen LogP contribution in [-0.4, -0.2) is 27.0 Å². The van der Waals surface area contributed by atoms with E-state index in [1.165, 1.54) is 12.8 Å². The van der Waals surface area contributed by atoms with E-state index < -0.39 is 0 Å². The number of nitrogens with zero attached hydrogens (tertiary/aromatic N) is 3. The zero-order valence-corrected chi connectivity index (χ0v) is 17.0. The van der Waals surface area contributed by atoms with Gasteiger partial charge in [0.1, 0.15) is 11.6 Å². The van der Waals surface area contributed by atoms with Crippen LogP contribution in [0.4, 0.5) is 17.3 Å². The lowest BCUT2D eigenvalue weighted by Crippen LogP contribution is -2.10. The number of carbonyl (C=O) groups is 1. The van der Waals surface area contributed by atoms with Crippen LogP contribution in [0.3, 0.4) is 0 Å². The lowest BCUT2D eigenvalue weighted by Gasteiger charge is -2.12. The van der Waals surface area contributed by atoms with E-state index in [1.54, 1.807) is 10.7 Å². The Balaban J connectivity index is 1.54. The molecule has 152 valence electrons. The number of hydrogen-bond acceptors (Lipinski definition) is 5. The molecule has 1 saturated carbocycles. The molecule has 2 aliphatic rings. The summed E-state index contributed by atoms with van der Waals surface area (Å²) in [5.41, 5.74) is 3.90. The van der Waals surface area contributed by atoms with E-state index in [2.05, 4.69) is 27.6 Å². The molecule has 30 heavy (non-hydrogen) atoms. The summed E-state index contributed by atoms with van der Waals surface area (Å²) >= 11 is 6.00. The topological polar surface area (TPSA) is 83.4 Å². The molecule has 3 aromatic rings. The third-order valence-corrected chi connectivity index (χ3v) is 5.50. The molecule has 8 heteroatoms. The van der Waals surface area contributed by atoms with Gasteiger partial charge >= 0.3 is 0 Å². The van der Waals surface area contributed by atoms with Crippen molar-refractivity contribution in [3.05, 3.63) is 65.0 Å². The monoisotopic (exact) mass is 420 g/mol. The van der Waals surface area contributed by atoms with E-state index >= 15 is 0 Å². The quantitative estimate of drug-likeness (QED) is 0.551. The molecule has 1 amide bonds. The van der Waals surface area contributed by atoms with Gasteiger partial charge < -0.3 is 16.0 Å². The highest BCUT2D eigenvalue weighted by Crippen LogP contribution is 2.30. The molecule has 0 radical (unpaired) electrons. The third-order valence-electron chi connectivity index (χ3n) is 5.24. The molecule has 2 aromatic heterocycles. The average Bonchev–Trinajstić information content (AvgIpc) is 3.39. The Morgan fingerprint density at radius 3 is 2.80 bits per heavy atom. The molecule has 1 saturated heterocycles. The minimum absolute atomic E-state index is 0.0485. The van der Waals surface area contributed by atoms with Crippen LogP contribution in [0, 0.1) is 5.92 Å². The number of halogens is 1. The Kier molecular flexibility index (Phi) is 4.67. The van der Waals surface area contributed by atoms with Crippen molar-refractivity contribution in [1.29, 1.82) is 0 Å². The standard InChI is InChI=1S/C22H21ClN6O/c1-13-15(9-21(30)26-13)8-16-12-25-29-20(24-11-14-2-3-14)10-19(28-22(16)29)27-18-6-4-17(23)5-7-18/h4-8,10,12,14,24H,1-3,9,11H2,(H,26,30)(H,27,28)/b15-8+. The highest BCUT2D eigenvalue weighted by atomic mass is 35.5. The fourth-order valence-corrected chi connectivity index (χ4v) is 3.55. The number of amides is 1. The van der Waals surface area contributed by atoms with Crippen LogP contribution in [0.1, 0.15) is 24.8 Å². The molecule has 7 nitrogen and oxygen atoms in total. The number of benzene rings is 1. The first kappa shape index (κ1) is 18.7. The zero-order chi connectivity index (χ0) is 20.7. The summed E-state index contributed by atoms with van der Waals surface area (Å²) in [5, 5.41) is 14.8. The van der Waals surface area contributed by atoms with E-state index in [1.807, 2.05) is 36.4 Å². The summed E-state index contributed by atoms with van der Waals surface area (Å²) in [5.74, 6) is 2.24. The van der Waals surface area contributed by atoms with Crippen LogP contribution in [0.2, 0.25) is 5.02 Å². The highest BCUT2D eigenvalue weighted by molar-refractivity contribution is 6.30. The second-order valence-electron chi connectivity index (χ2n) is 7.69. The number of aromatic nitrogens is 3. The van der Waals surface area contributed by atoms with Gasteiger partial charge in [0, 0.05) is 34.6 Å². The second-order valence-corrected chi connectivity index (χ2v) is 8.13. The minimum atomic E-state index is -0.0485. The van der Waals surface area contributed by atoms with Crippen molar-refractivity contribution in [2.45, 2.75) is 19.3 Å². The molecule has 1 aromatic carbocycles. The van der Waals surface area contributed by atoms with Crippen LogP contribution in [0.25, 0.3) is 11.7 Å². The summed E-state index contributed by atoms with van der Waals surface area (Å²) in [6.45, 7) is 4.82. The van der Waals surface area contributed by atoms with E-state index in [0.717, 1.165) is 35.1 Å². The van der Waals surface area contributed by atoms with Gasteiger partial charge in [-0.05, 0) is 54.7 Å². The molecule has 1 aliphatic heterocycles. The van der Waals surface area contributed by atoms with Crippen LogP contribution in [0.5, 0.6) is 0 Å². The van der Waals surface area contributed by atoms with Crippen molar-refractivity contribution in [1.82, 2.24) is 19.9 Å². The largest absolute Gasteiger partial charge is 0.370 e. The molecule has 5 rings (SSSR count). The van der Waals surface area contributed by atoms with Crippen molar-refractivity contribution in [3.8, 4) is 0 Å². The number of nitrogens with one attached hydrogen (secondary N) is 3. The molecule has 3 N–H and O–H groups in total. The van der Waals surface area contributed by atoms with Gasteiger partial charge in [-0.1, -0.05) is 18.2 Å². The van der Waals surface area contributed by atoms with Crippen molar-refractivity contribution < 1.29 is 4.79 Å². The normalized spacial score (nSPS) is 17.6. The molecule has 0 spiro atoms. The fraction of sp³-hybridized carbons (Fsp3) is 0.227. The number of fused-ring (bicyclic) bond motifs is 1. The van der Waals surface area contributed by atoms with Crippen LogP contribution < -0.4 is 16.0 Å². The van der Waals surface area contributed by atoms with Gasteiger partial charge in [-0.3, -0.25) is 4.79 Å². The van der Waals surface area contributed by atoms with Gasteiger partial charge in [0.2, 0.25) is 5.91 Å². The predicted octanol–water partition coefficient (Wildman–Crippen LogP) is 4.37. The van der Waals surface area contributed by atoms with Crippen molar-refractivity contribution in [3.63, 3.8) is 0 Å².